The maximum atomic E-state index is 13.2. The third-order valence-corrected chi connectivity index (χ3v) is 6.40. The van der Waals surface area contributed by atoms with Gasteiger partial charge in [0.2, 0.25) is 5.88 Å². The molecule has 2 N–H and O–H groups in total. The fourth-order valence-electron chi connectivity index (χ4n) is 4.27. The molecule has 0 unspecified atom stereocenters. The van der Waals surface area contributed by atoms with Gasteiger partial charge in [0.1, 0.15) is 5.75 Å². The van der Waals surface area contributed by atoms with Crippen LogP contribution in [0.25, 0.3) is 0 Å². The first-order valence-electron chi connectivity index (χ1n) is 8.94. The number of hydrogen-bond acceptors (Lipinski definition) is 6. The number of phenols is 1. The van der Waals surface area contributed by atoms with Crippen LogP contribution >= 0.6 is 11.3 Å². The van der Waals surface area contributed by atoms with Crippen LogP contribution in [0.3, 0.4) is 0 Å². The largest absolute Gasteiger partial charge is 0.508 e. The molecule has 2 aromatic heterocycles. The van der Waals surface area contributed by atoms with Crippen molar-refractivity contribution in [2.24, 2.45) is 0 Å². The zero-order chi connectivity index (χ0) is 18.5. The molecular formula is C21H18N2O3S. The van der Waals surface area contributed by atoms with Crippen molar-refractivity contribution in [3.05, 3.63) is 74.7 Å². The van der Waals surface area contributed by atoms with Crippen molar-refractivity contribution in [3.63, 3.8) is 0 Å². The van der Waals surface area contributed by atoms with E-state index in [2.05, 4.69) is 16.5 Å². The SMILES string of the molecule is Cc1noc2c1[C@H](c1cccs1)C1=C(C[C@@H](c3ccccc3O)CC1=O)N2. The Morgan fingerprint density at radius 3 is 2.85 bits per heavy atom. The Morgan fingerprint density at radius 1 is 1.22 bits per heavy atom. The molecule has 0 saturated heterocycles. The number of anilines is 1. The van der Waals surface area contributed by atoms with Gasteiger partial charge in [-0.05, 0) is 36.4 Å². The molecule has 27 heavy (non-hydrogen) atoms. The molecule has 0 amide bonds. The van der Waals surface area contributed by atoms with E-state index in [-0.39, 0.29) is 23.4 Å². The lowest BCUT2D eigenvalue weighted by Crippen LogP contribution is -2.29. The molecular weight excluding hydrogens is 360 g/mol. The lowest BCUT2D eigenvalue weighted by atomic mass is 9.74. The number of aromatic nitrogens is 1. The predicted octanol–water partition coefficient (Wildman–Crippen LogP) is 4.71. The summed E-state index contributed by atoms with van der Waals surface area (Å²) in [6.07, 6.45) is 1.04. The van der Waals surface area contributed by atoms with Crippen molar-refractivity contribution in [2.45, 2.75) is 31.6 Å². The van der Waals surface area contributed by atoms with Crippen LogP contribution in [0.15, 0.2) is 57.6 Å². The summed E-state index contributed by atoms with van der Waals surface area (Å²) in [5.41, 5.74) is 4.25. The second-order valence-electron chi connectivity index (χ2n) is 7.06. The fraction of sp³-hybridized carbons (Fsp3) is 0.238. The Morgan fingerprint density at radius 2 is 2.07 bits per heavy atom. The van der Waals surface area contributed by atoms with E-state index in [9.17, 15) is 9.90 Å². The number of Topliss-reactive ketones (excluding diaryl/α,β-unsaturated/α-hetero) is 1. The number of hydrogen-bond donors (Lipinski definition) is 2. The van der Waals surface area contributed by atoms with E-state index in [1.807, 2.05) is 30.5 Å². The highest BCUT2D eigenvalue weighted by Crippen LogP contribution is 2.50. The molecule has 0 fully saturated rings. The molecule has 0 spiro atoms. The molecule has 0 bridgehead atoms. The third kappa shape index (κ3) is 2.51. The molecule has 6 heteroatoms. The number of nitrogens with one attached hydrogen (secondary N) is 1. The normalized spacial score (nSPS) is 21.6. The summed E-state index contributed by atoms with van der Waals surface area (Å²) in [6, 6.07) is 11.3. The molecule has 3 aromatic rings. The van der Waals surface area contributed by atoms with Crippen LogP contribution in [-0.2, 0) is 4.79 Å². The van der Waals surface area contributed by atoms with Crippen LogP contribution < -0.4 is 5.32 Å². The summed E-state index contributed by atoms with van der Waals surface area (Å²) in [4.78, 5) is 14.4. The number of nitrogens with zero attached hydrogens (tertiary/aromatic N) is 1. The lowest BCUT2D eigenvalue weighted by molar-refractivity contribution is -0.116. The smallest absolute Gasteiger partial charge is 0.233 e. The highest BCUT2D eigenvalue weighted by Gasteiger charge is 2.41. The number of rotatable bonds is 2. The molecule has 0 radical (unpaired) electrons. The number of ketones is 1. The van der Waals surface area contributed by atoms with Gasteiger partial charge in [-0.3, -0.25) is 4.79 Å². The number of aryl methyl sites for hydroxylation is 1. The molecule has 2 aliphatic rings. The molecule has 3 heterocycles. The first-order chi connectivity index (χ1) is 13.1. The van der Waals surface area contributed by atoms with Crippen molar-refractivity contribution in [1.82, 2.24) is 5.16 Å². The molecule has 1 aromatic carbocycles. The number of carbonyl (C=O) groups excluding carboxylic acids is 1. The molecule has 5 nitrogen and oxygen atoms in total. The topological polar surface area (TPSA) is 75.4 Å². The van der Waals surface area contributed by atoms with Crippen molar-refractivity contribution >= 4 is 23.0 Å². The van der Waals surface area contributed by atoms with Gasteiger partial charge < -0.3 is 14.9 Å². The van der Waals surface area contributed by atoms with E-state index >= 15 is 0 Å². The number of allylic oxidation sites excluding steroid dienone is 2. The minimum Gasteiger partial charge on any atom is -0.508 e. The molecule has 136 valence electrons. The maximum absolute atomic E-state index is 13.2. The Kier molecular flexibility index (Phi) is 3.68. The van der Waals surface area contributed by atoms with Crippen LogP contribution in [0.5, 0.6) is 5.75 Å². The quantitative estimate of drug-likeness (QED) is 0.675. The molecule has 2 atom stereocenters. The minimum absolute atomic E-state index is 0.0560. The number of fused-ring (bicyclic) bond motifs is 1. The maximum Gasteiger partial charge on any atom is 0.233 e. The van der Waals surface area contributed by atoms with Gasteiger partial charge in [0.25, 0.3) is 0 Å². The number of aromatic hydroxyl groups is 1. The van der Waals surface area contributed by atoms with E-state index in [1.165, 1.54) is 0 Å². The van der Waals surface area contributed by atoms with Crippen LogP contribution in [0.2, 0.25) is 0 Å². The number of carbonyl (C=O) groups is 1. The number of benzene rings is 1. The Bertz CT molecular complexity index is 1070. The second kappa shape index (κ2) is 6.09. The zero-order valence-corrected chi connectivity index (χ0v) is 15.5. The van der Waals surface area contributed by atoms with Gasteiger partial charge in [-0.2, -0.15) is 0 Å². The van der Waals surface area contributed by atoms with Crippen molar-refractivity contribution in [1.29, 1.82) is 0 Å². The van der Waals surface area contributed by atoms with Crippen LogP contribution in [-0.4, -0.2) is 16.0 Å². The molecule has 1 aliphatic heterocycles. The standard InChI is InChI=1S/C21H18N2O3S/c1-11-18-20(17-7-4-8-27-17)19-14(22-21(18)26-23-11)9-12(10-16(19)25)13-5-2-3-6-15(13)24/h2-8,12,20,22,24H,9-10H2,1H3/t12-,20+/m1/s1. The highest BCUT2D eigenvalue weighted by atomic mass is 32.1. The van der Waals surface area contributed by atoms with Crippen LogP contribution in [0.1, 0.15) is 46.4 Å². The van der Waals surface area contributed by atoms with E-state index in [0.717, 1.165) is 33.0 Å². The summed E-state index contributed by atoms with van der Waals surface area (Å²) in [6.45, 7) is 1.91. The van der Waals surface area contributed by atoms with Crippen molar-refractivity contribution in [3.8, 4) is 5.75 Å². The average molecular weight is 378 g/mol. The fourth-order valence-corrected chi connectivity index (χ4v) is 5.11. The minimum atomic E-state index is -0.139. The summed E-state index contributed by atoms with van der Waals surface area (Å²) >= 11 is 1.64. The first-order valence-corrected chi connectivity index (χ1v) is 9.82. The summed E-state index contributed by atoms with van der Waals surface area (Å²) in [7, 11) is 0. The third-order valence-electron chi connectivity index (χ3n) is 5.46. The first kappa shape index (κ1) is 16.3. The number of thiophene rings is 1. The van der Waals surface area contributed by atoms with E-state index < -0.39 is 0 Å². The van der Waals surface area contributed by atoms with Gasteiger partial charge in [0.05, 0.1) is 17.2 Å². The Balaban J connectivity index is 1.63. The second-order valence-corrected chi connectivity index (χ2v) is 8.04. The highest BCUT2D eigenvalue weighted by molar-refractivity contribution is 7.10. The summed E-state index contributed by atoms with van der Waals surface area (Å²) < 4.78 is 5.51. The number of phenolic OH excluding ortho intramolecular Hbond substituents is 1. The van der Waals surface area contributed by atoms with E-state index in [0.29, 0.717) is 18.7 Å². The molecule has 1 aliphatic carbocycles. The zero-order valence-electron chi connectivity index (χ0n) is 14.7. The monoisotopic (exact) mass is 378 g/mol. The van der Waals surface area contributed by atoms with Crippen molar-refractivity contribution < 1.29 is 14.4 Å². The van der Waals surface area contributed by atoms with Crippen LogP contribution in [0, 0.1) is 6.92 Å². The molecule has 0 saturated carbocycles. The van der Waals surface area contributed by atoms with Gasteiger partial charge >= 0.3 is 0 Å². The summed E-state index contributed by atoms with van der Waals surface area (Å²) in [5.74, 6) is 0.776. The Hall–Kier alpha value is -2.86. The molecule has 5 rings (SSSR count). The predicted molar refractivity (Wildman–Crippen MR) is 103 cm³/mol. The van der Waals surface area contributed by atoms with Gasteiger partial charge in [-0.1, -0.05) is 29.4 Å². The Labute approximate surface area is 160 Å². The van der Waals surface area contributed by atoms with E-state index in [1.54, 1.807) is 23.5 Å². The van der Waals surface area contributed by atoms with Crippen LogP contribution in [0.4, 0.5) is 5.88 Å². The number of para-hydroxylation sites is 1. The van der Waals surface area contributed by atoms with Gasteiger partial charge in [-0.15, -0.1) is 11.3 Å². The van der Waals surface area contributed by atoms with Gasteiger partial charge in [0.15, 0.2) is 5.78 Å². The average Bonchev–Trinajstić information content (AvgIpc) is 3.31. The summed E-state index contributed by atoms with van der Waals surface area (Å²) in [5, 5.41) is 19.7. The lowest BCUT2D eigenvalue weighted by Gasteiger charge is -2.34. The van der Waals surface area contributed by atoms with Crippen molar-refractivity contribution in [2.75, 3.05) is 5.32 Å². The van der Waals surface area contributed by atoms with Gasteiger partial charge in [-0.25, -0.2) is 0 Å². The van der Waals surface area contributed by atoms with E-state index in [4.69, 9.17) is 4.52 Å². The van der Waals surface area contributed by atoms with Gasteiger partial charge in [0, 0.05) is 28.5 Å².